The Hall–Kier alpha value is -3.17. The van der Waals surface area contributed by atoms with Gasteiger partial charge < -0.3 is 9.64 Å². The number of nitrogens with zero attached hydrogens (tertiary/aromatic N) is 4. The molecule has 2 rings (SSSR count). The summed E-state index contributed by atoms with van der Waals surface area (Å²) in [6.45, 7) is 0. The number of hydrogen-bond donors (Lipinski definition) is 1. The van der Waals surface area contributed by atoms with Crippen LogP contribution in [-0.4, -0.2) is 52.7 Å². The molecule has 0 aliphatic heterocycles. The molecule has 0 saturated heterocycles. The number of hydrogen-bond acceptors (Lipinski definition) is 6. The molecule has 22 heavy (non-hydrogen) atoms. The Labute approximate surface area is 124 Å². The topological polar surface area (TPSA) is 120 Å². The molecule has 10 heteroatoms. The van der Waals surface area contributed by atoms with Gasteiger partial charge in [-0.05, 0) is 6.07 Å². The summed E-state index contributed by atoms with van der Waals surface area (Å²) in [5.74, 6) is -0.0824. The van der Waals surface area contributed by atoms with Gasteiger partial charge in [-0.3, -0.25) is 15.4 Å². The second kappa shape index (κ2) is 5.68. The molecule has 0 saturated carbocycles. The van der Waals surface area contributed by atoms with Gasteiger partial charge in [-0.2, -0.15) is 0 Å². The number of non-ortho nitro benzene ring substituents is 1. The predicted molar refractivity (Wildman–Crippen MR) is 76.9 cm³/mol. The Morgan fingerprint density at radius 2 is 2.09 bits per heavy atom. The molecule has 2 amide bonds. The van der Waals surface area contributed by atoms with Crippen molar-refractivity contribution in [3.63, 3.8) is 0 Å². The summed E-state index contributed by atoms with van der Waals surface area (Å²) >= 11 is 0. The standard InChI is InChI=1S/C12H13N5O5/c1-15(2)12(19)16-9-6-7(17(20)21)4-5-8(9)13-10(16)14-11(18)22-3/h4-6H,1-3H3,(H,13,14,18). The first-order valence-electron chi connectivity index (χ1n) is 6.08. The van der Waals surface area contributed by atoms with E-state index in [4.69, 9.17) is 0 Å². The van der Waals surface area contributed by atoms with Crippen molar-refractivity contribution in [2.24, 2.45) is 0 Å². The van der Waals surface area contributed by atoms with Crippen molar-refractivity contribution in [1.82, 2.24) is 14.5 Å². The quantitative estimate of drug-likeness (QED) is 0.665. The number of nitro benzene ring substituents is 1. The van der Waals surface area contributed by atoms with Crippen LogP contribution in [0.4, 0.5) is 21.2 Å². The van der Waals surface area contributed by atoms with Crippen LogP contribution in [0.1, 0.15) is 0 Å². The number of imidazole rings is 1. The molecule has 0 aliphatic rings. The first kappa shape index (κ1) is 15.2. The van der Waals surface area contributed by atoms with Crippen molar-refractivity contribution in [3.8, 4) is 0 Å². The summed E-state index contributed by atoms with van der Waals surface area (Å²) in [6, 6.07) is 3.36. The van der Waals surface area contributed by atoms with E-state index >= 15 is 0 Å². The van der Waals surface area contributed by atoms with Crippen LogP contribution < -0.4 is 5.32 Å². The van der Waals surface area contributed by atoms with E-state index in [1.807, 2.05) is 0 Å². The van der Waals surface area contributed by atoms with Gasteiger partial charge in [0.05, 0.1) is 23.1 Å². The van der Waals surface area contributed by atoms with Crippen molar-refractivity contribution < 1.29 is 19.2 Å². The maximum atomic E-state index is 12.3. The molecule has 0 atom stereocenters. The van der Waals surface area contributed by atoms with E-state index in [1.165, 1.54) is 44.3 Å². The van der Waals surface area contributed by atoms with Crippen molar-refractivity contribution in [2.45, 2.75) is 0 Å². The molecule has 1 heterocycles. The number of nitro groups is 1. The number of ether oxygens (including phenoxy) is 1. The van der Waals surface area contributed by atoms with E-state index in [1.54, 1.807) is 0 Å². The minimum atomic E-state index is -0.808. The van der Waals surface area contributed by atoms with E-state index in [-0.39, 0.29) is 17.2 Å². The number of nitrogens with one attached hydrogen (secondary N) is 1. The van der Waals surface area contributed by atoms with Crippen molar-refractivity contribution in [2.75, 3.05) is 26.5 Å². The largest absolute Gasteiger partial charge is 0.453 e. The van der Waals surface area contributed by atoms with Gasteiger partial charge in [0.25, 0.3) is 5.69 Å². The number of fused-ring (bicyclic) bond motifs is 1. The van der Waals surface area contributed by atoms with Gasteiger partial charge in [-0.15, -0.1) is 0 Å². The number of anilines is 1. The molecule has 1 N–H and O–H groups in total. The fourth-order valence-corrected chi connectivity index (χ4v) is 1.80. The molecule has 0 aliphatic carbocycles. The Morgan fingerprint density at radius 1 is 1.41 bits per heavy atom. The third-order valence-electron chi connectivity index (χ3n) is 2.82. The lowest BCUT2D eigenvalue weighted by Crippen LogP contribution is -2.29. The molecule has 116 valence electrons. The number of carbonyl (C=O) groups is 2. The number of aromatic nitrogens is 2. The third kappa shape index (κ3) is 2.66. The third-order valence-corrected chi connectivity index (χ3v) is 2.82. The molecular weight excluding hydrogens is 294 g/mol. The van der Waals surface area contributed by atoms with E-state index in [0.717, 1.165) is 4.57 Å². The molecule has 0 fully saturated rings. The zero-order valence-electron chi connectivity index (χ0n) is 12.1. The first-order valence-corrected chi connectivity index (χ1v) is 6.08. The Morgan fingerprint density at radius 3 is 2.64 bits per heavy atom. The fraction of sp³-hybridized carbons (Fsp3) is 0.250. The second-order valence-corrected chi connectivity index (χ2v) is 4.49. The van der Waals surface area contributed by atoms with Gasteiger partial charge in [0.2, 0.25) is 5.95 Å². The molecule has 1 aromatic heterocycles. The first-order chi connectivity index (χ1) is 10.3. The van der Waals surface area contributed by atoms with Crippen LogP contribution in [0.5, 0.6) is 0 Å². The van der Waals surface area contributed by atoms with E-state index in [0.29, 0.717) is 5.52 Å². The predicted octanol–water partition coefficient (Wildman–Crippen LogP) is 1.65. The molecule has 0 radical (unpaired) electrons. The van der Waals surface area contributed by atoms with Crippen LogP contribution >= 0.6 is 0 Å². The van der Waals surface area contributed by atoms with Gasteiger partial charge in [0.15, 0.2) is 0 Å². The highest BCUT2D eigenvalue weighted by atomic mass is 16.6. The van der Waals surface area contributed by atoms with Crippen molar-refractivity contribution in [3.05, 3.63) is 28.3 Å². The van der Waals surface area contributed by atoms with Crippen molar-refractivity contribution in [1.29, 1.82) is 0 Å². The van der Waals surface area contributed by atoms with Gasteiger partial charge in [-0.25, -0.2) is 19.1 Å². The number of rotatable bonds is 2. The van der Waals surface area contributed by atoms with E-state index < -0.39 is 17.0 Å². The minimum Gasteiger partial charge on any atom is -0.453 e. The summed E-state index contributed by atoms with van der Waals surface area (Å²) in [5, 5.41) is 13.2. The van der Waals surface area contributed by atoms with Crippen molar-refractivity contribution >= 4 is 34.8 Å². The maximum absolute atomic E-state index is 12.3. The Bertz CT molecular complexity index is 767. The average molecular weight is 307 g/mol. The maximum Gasteiger partial charge on any atom is 0.413 e. The molecular formula is C12H13N5O5. The summed E-state index contributed by atoms with van der Waals surface area (Å²) in [4.78, 5) is 39.3. The van der Waals surface area contributed by atoms with E-state index in [9.17, 15) is 19.7 Å². The van der Waals surface area contributed by atoms with Gasteiger partial charge in [-0.1, -0.05) is 0 Å². The zero-order valence-corrected chi connectivity index (χ0v) is 12.1. The van der Waals surface area contributed by atoms with E-state index in [2.05, 4.69) is 15.0 Å². The summed E-state index contributed by atoms with van der Waals surface area (Å²) in [5.41, 5.74) is 0.344. The normalized spacial score (nSPS) is 10.3. The van der Waals surface area contributed by atoms with Crippen LogP contribution in [-0.2, 0) is 4.74 Å². The molecule has 1 aromatic carbocycles. The van der Waals surface area contributed by atoms with Crippen LogP contribution in [0.15, 0.2) is 18.2 Å². The Kier molecular flexibility index (Phi) is 3.93. The SMILES string of the molecule is COC(=O)Nc1nc2ccc([N+](=O)[O-])cc2n1C(=O)N(C)C. The lowest BCUT2D eigenvalue weighted by atomic mass is 10.3. The van der Waals surface area contributed by atoms with Crippen LogP contribution in [0, 0.1) is 10.1 Å². The molecule has 2 aromatic rings. The fourth-order valence-electron chi connectivity index (χ4n) is 1.80. The highest BCUT2D eigenvalue weighted by Crippen LogP contribution is 2.24. The number of methoxy groups -OCH3 is 1. The second-order valence-electron chi connectivity index (χ2n) is 4.49. The zero-order chi connectivity index (χ0) is 16.4. The summed E-state index contributed by atoms with van der Waals surface area (Å²) < 4.78 is 5.54. The van der Waals surface area contributed by atoms with Crippen LogP contribution in [0.25, 0.3) is 11.0 Å². The van der Waals surface area contributed by atoms with Crippen LogP contribution in [0.3, 0.4) is 0 Å². The van der Waals surface area contributed by atoms with Crippen LogP contribution in [0.2, 0.25) is 0 Å². The summed E-state index contributed by atoms with van der Waals surface area (Å²) in [7, 11) is 4.18. The summed E-state index contributed by atoms with van der Waals surface area (Å²) in [6.07, 6.45) is -0.808. The van der Waals surface area contributed by atoms with Gasteiger partial charge in [0, 0.05) is 26.2 Å². The Balaban J connectivity index is 2.68. The number of amides is 2. The van der Waals surface area contributed by atoms with Gasteiger partial charge in [0.1, 0.15) is 0 Å². The number of benzene rings is 1. The molecule has 10 nitrogen and oxygen atoms in total. The smallest absolute Gasteiger partial charge is 0.413 e. The molecule has 0 spiro atoms. The van der Waals surface area contributed by atoms with Gasteiger partial charge >= 0.3 is 12.1 Å². The monoisotopic (exact) mass is 307 g/mol. The molecule has 0 bridgehead atoms. The lowest BCUT2D eigenvalue weighted by molar-refractivity contribution is -0.384. The highest BCUT2D eigenvalue weighted by molar-refractivity contribution is 5.96. The highest BCUT2D eigenvalue weighted by Gasteiger charge is 2.22. The lowest BCUT2D eigenvalue weighted by Gasteiger charge is -2.13. The average Bonchev–Trinajstić information content (AvgIpc) is 2.82. The minimum absolute atomic E-state index is 0.0824. The number of carbonyl (C=O) groups excluding carboxylic acids is 2. The molecule has 0 unspecified atom stereocenters.